The van der Waals surface area contributed by atoms with Crippen LogP contribution in [-0.2, 0) is 9.53 Å². The number of rotatable bonds is 1. The Morgan fingerprint density at radius 3 is 1.95 bits per heavy atom. The molecular formula is C14H26N2O3. The number of urea groups is 1. The zero-order valence-corrected chi connectivity index (χ0v) is 13.3. The van der Waals surface area contributed by atoms with Crippen LogP contribution in [0.25, 0.3) is 0 Å². The average Bonchev–Trinajstić information content (AvgIpc) is 2.49. The molecule has 0 aromatic carbocycles. The van der Waals surface area contributed by atoms with Crippen LogP contribution in [0, 0.1) is 0 Å². The van der Waals surface area contributed by atoms with Crippen LogP contribution in [0.4, 0.5) is 4.79 Å². The molecule has 0 aromatic rings. The highest BCUT2D eigenvalue weighted by molar-refractivity contribution is 5.92. The van der Waals surface area contributed by atoms with Gasteiger partial charge in [0, 0.05) is 11.1 Å². The average molecular weight is 270 g/mol. The van der Waals surface area contributed by atoms with Crippen LogP contribution < -0.4 is 0 Å². The van der Waals surface area contributed by atoms with Crippen LogP contribution in [0.3, 0.4) is 0 Å². The van der Waals surface area contributed by atoms with E-state index in [-0.39, 0.29) is 17.5 Å². The van der Waals surface area contributed by atoms with Gasteiger partial charge in [-0.3, -0.25) is 0 Å². The van der Waals surface area contributed by atoms with Gasteiger partial charge in [0.25, 0.3) is 0 Å². The molecule has 0 radical (unpaired) electrons. The fourth-order valence-electron chi connectivity index (χ4n) is 2.71. The van der Waals surface area contributed by atoms with Crippen LogP contribution in [0.2, 0.25) is 0 Å². The number of hydrogen-bond acceptors (Lipinski definition) is 3. The van der Waals surface area contributed by atoms with Crippen molar-refractivity contribution in [2.75, 3.05) is 13.7 Å². The maximum absolute atomic E-state index is 12.7. The largest absolute Gasteiger partial charge is 0.467 e. The van der Waals surface area contributed by atoms with Crippen molar-refractivity contribution in [1.82, 2.24) is 9.80 Å². The molecule has 5 nitrogen and oxygen atoms in total. The van der Waals surface area contributed by atoms with E-state index in [0.29, 0.717) is 6.54 Å². The lowest BCUT2D eigenvalue weighted by atomic mass is 9.94. The summed E-state index contributed by atoms with van der Waals surface area (Å²) in [7, 11) is 1.36. The molecular weight excluding hydrogens is 244 g/mol. The number of nitrogens with zero attached hydrogens (tertiary/aromatic N) is 2. The summed E-state index contributed by atoms with van der Waals surface area (Å²) in [4.78, 5) is 28.2. The second-order valence-electron chi connectivity index (χ2n) is 7.31. The van der Waals surface area contributed by atoms with Crippen LogP contribution in [0.15, 0.2) is 0 Å². The van der Waals surface area contributed by atoms with Gasteiger partial charge in [0.1, 0.15) is 0 Å². The van der Waals surface area contributed by atoms with Crippen molar-refractivity contribution in [1.29, 1.82) is 0 Å². The number of amides is 2. The lowest BCUT2D eigenvalue weighted by Gasteiger charge is -2.40. The van der Waals surface area contributed by atoms with Crippen LogP contribution >= 0.6 is 0 Å². The van der Waals surface area contributed by atoms with Gasteiger partial charge in [-0.15, -0.1) is 0 Å². The monoisotopic (exact) mass is 270 g/mol. The van der Waals surface area contributed by atoms with Gasteiger partial charge in [-0.2, -0.15) is 0 Å². The fraction of sp³-hybridized carbons (Fsp3) is 0.857. The van der Waals surface area contributed by atoms with Gasteiger partial charge in [0.2, 0.25) is 0 Å². The SMILES string of the molecule is COC(=O)C1(C)CN(C(C)(C)C)C(=O)N1C(C)(C)C. The minimum absolute atomic E-state index is 0.118. The lowest BCUT2D eigenvalue weighted by molar-refractivity contribution is -0.153. The molecule has 0 aliphatic carbocycles. The second-order valence-corrected chi connectivity index (χ2v) is 7.31. The van der Waals surface area contributed by atoms with Crippen molar-refractivity contribution in [3.63, 3.8) is 0 Å². The van der Waals surface area contributed by atoms with Gasteiger partial charge in [-0.25, -0.2) is 9.59 Å². The van der Waals surface area contributed by atoms with E-state index in [2.05, 4.69) is 0 Å². The highest BCUT2D eigenvalue weighted by Gasteiger charge is 2.57. The van der Waals surface area contributed by atoms with E-state index >= 15 is 0 Å². The van der Waals surface area contributed by atoms with Gasteiger partial charge in [-0.1, -0.05) is 0 Å². The minimum atomic E-state index is -0.947. The van der Waals surface area contributed by atoms with Gasteiger partial charge >= 0.3 is 12.0 Å². The van der Waals surface area contributed by atoms with Crippen molar-refractivity contribution >= 4 is 12.0 Å². The molecule has 110 valence electrons. The molecule has 0 aromatic heterocycles. The van der Waals surface area contributed by atoms with Crippen LogP contribution in [0.5, 0.6) is 0 Å². The zero-order chi connectivity index (χ0) is 15.2. The predicted molar refractivity (Wildman–Crippen MR) is 73.9 cm³/mol. The number of carbonyl (C=O) groups is 2. The first-order valence-electron chi connectivity index (χ1n) is 6.56. The summed E-state index contributed by atoms with van der Waals surface area (Å²) in [6.07, 6.45) is 0. The van der Waals surface area contributed by atoms with E-state index < -0.39 is 11.1 Å². The Labute approximate surface area is 115 Å². The Bertz CT molecular complexity index is 392. The Hall–Kier alpha value is -1.26. The minimum Gasteiger partial charge on any atom is -0.467 e. The standard InChI is InChI=1S/C14H26N2O3/c1-12(2,3)15-9-14(7,10(17)19-8)16(11(15)18)13(4,5)6/h9H2,1-8H3. The molecule has 1 rings (SSSR count). The summed E-state index contributed by atoms with van der Waals surface area (Å²) in [5.41, 5.74) is -1.72. The summed E-state index contributed by atoms with van der Waals surface area (Å²) >= 11 is 0. The van der Waals surface area contributed by atoms with Crippen molar-refractivity contribution in [2.24, 2.45) is 0 Å². The number of carbonyl (C=O) groups excluding carboxylic acids is 2. The fourth-order valence-corrected chi connectivity index (χ4v) is 2.71. The number of esters is 1. The Morgan fingerprint density at radius 1 is 1.16 bits per heavy atom. The second kappa shape index (κ2) is 4.39. The van der Waals surface area contributed by atoms with Crippen molar-refractivity contribution < 1.29 is 14.3 Å². The van der Waals surface area contributed by atoms with Crippen molar-refractivity contribution in [3.05, 3.63) is 0 Å². The summed E-state index contributed by atoms with van der Waals surface area (Å²) in [6, 6.07) is -0.118. The molecule has 0 spiro atoms. The molecule has 0 N–H and O–H groups in total. The predicted octanol–water partition coefficient (Wildman–Crippen LogP) is 2.25. The highest BCUT2D eigenvalue weighted by atomic mass is 16.5. The third-order valence-corrected chi connectivity index (χ3v) is 3.49. The van der Waals surface area contributed by atoms with Gasteiger partial charge in [-0.05, 0) is 48.5 Å². The number of methoxy groups -OCH3 is 1. The van der Waals surface area contributed by atoms with Crippen LogP contribution in [-0.4, -0.2) is 52.1 Å². The van der Waals surface area contributed by atoms with Gasteiger partial charge in [0.05, 0.1) is 13.7 Å². The third kappa shape index (κ3) is 2.55. The van der Waals surface area contributed by atoms with Crippen molar-refractivity contribution in [2.45, 2.75) is 65.1 Å². The molecule has 1 aliphatic heterocycles. The van der Waals surface area contributed by atoms with E-state index in [0.717, 1.165) is 0 Å². The quantitative estimate of drug-likeness (QED) is 0.687. The topological polar surface area (TPSA) is 49.9 Å². The van der Waals surface area contributed by atoms with Gasteiger partial charge < -0.3 is 14.5 Å². The van der Waals surface area contributed by atoms with E-state index in [1.807, 2.05) is 41.5 Å². The molecule has 1 atom stereocenters. The van der Waals surface area contributed by atoms with E-state index in [4.69, 9.17) is 4.74 Å². The Morgan fingerprint density at radius 2 is 1.63 bits per heavy atom. The molecule has 1 aliphatic rings. The smallest absolute Gasteiger partial charge is 0.333 e. The lowest BCUT2D eigenvalue weighted by Crippen LogP contribution is -2.59. The Balaban J connectivity index is 3.31. The first kappa shape index (κ1) is 15.8. The molecule has 1 heterocycles. The van der Waals surface area contributed by atoms with Crippen LogP contribution in [0.1, 0.15) is 48.5 Å². The number of hydrogen-bond donors (Lipinski definition) is 0. The first-order valence-corrected chi connectivity index (χ1v) is 6.56. The normalized spacial score (nSPS) is 24.9. The Kier molecular flexibility index (Phi) is 3.65. The summed E-state index contributed by atoms with van der Waals surface area (Å²) in [5.74, 6) is -0.373. The molecule has 5 heteroatoms. The highest BCUT2D eigenvalue weighted by Crippen LogP contribution is 2.37. The van der Waals surface area contributed by atoms with E-state index in [1.54, 1.807) is 16.7 Å². The number of ether oxygens (including phenoxy) is 1. The van der Waals surface area contributed by atoms with Gasteiger partial charge in [0.15, 0.2) is 5.54 Å². The maximum Gasteiger partial charge on any atom is 0.333 e. The maximum atomic E-state index is 12.7. The molecule has 1 fully saturated rings. The summed E-state index contributed by atoms with van der Waals surface area (Å²) in [6.45, 7) is 13.8. The summed E-state index contributed by atoms with van der Waals surface area (Å²) in [5, 5.41) is 0. The van der Waals surface area contributed by atoms with E-state index in [1.165, 1.54) is 7.11 Å². The van der Waals surface area contributed by atoms with E-state index in [9.17, 15) is 9.59 Å². The third-order valence-electron chi connectivity index (χ3n) is 3.49. The molecule has 0 saturated carbocycles. The summed E-state index contributed by atoms with van der Waals surface area (Å²) < 4.78 is 4.91. The molecule has 19 heavy (non-hydrogen) atoms. The molecule has 1 saturated heterocycles. The zero-order valence-electron chi connectivity index (χ0n) is 13.3. The molecule has 2 amide bonds. The van der Waals surface area contributed by atoms with Crippen molar-refractivity contribution in [3.8, 4) is 0 Å². The first-order chi connectivity index (χ1) is 8.35. The molecule has 0 bridgehead atoms. The molecule has 1 unspecified atom stereocenters.